The van der Waals surface area contributed by atoms with Gasteiger partial charge in [0.2, 0.25) is 5.91 Å². The number of ether oxygens (including phenoxy) is 1. The number of halogens is 1. The largest absolute Gasteiger partial charge is 0.495 e. The molecule has 0 spiro atoms. The third-order valence-electron chi connectivity index (χ3n) is 2.83. The quantitative estimate of drug-likeness (QED) is 0.624. The van der Waals surface area contributed by atoms with Crippen molar-refractivity contribution in [2.24, 2.45) is 0 Å². The van der Waals surface area contributed by atoms with Crippen LogP contribution in [0.5, 0.6) is 5.75 Å². The Morgan fingerprint density at radius 1 is 1.55 bits per heavy atom. The van der Waals surface area contributed by atoms with Crippen LogP contribution in [-0.4, -0.2) is 22.8 Å². The molecule has 3 N–H and O–H groups in total. The average molecular weight is 386 g/mol. The number of carbonyl (C=O) groups is 1. The number of nitrogen functional groups attached to an aromatic ring is 1. The summed E-state index contributed by atoms with van der Waals surface area (Å²) in [6, 6.07) is 4.67. The number of nitrogens with zero attached hydrogens (tertiary/aromatic N) is 2. The third kappa shape index (κ3) is 3.21. The Hall–Kier alpha value is -1.77. The fourth-order valence-electron chi connectivity index (χ4n) is 1.71. The summed E-state index contributed by atoms with van der Waals surface area (Å²) in [4.78, 5) is 12.2. The number of anilines is 2. The van der Waals surface area contributed by atoms with Crippen molar-refractivity contribution in [3.63, 3.8) is 0 Å². The molecule has 1 heterocycles. The first-order valence-electron chi connectivity index (χ1n) is 5.95. The van der Waals surface area contributed by atoms with Crippen molar-refractivity contribution < 1.29 is 9.53 Å². The van der Waals surface area contributed by atoms with Crippen LogP contribution in [0.15, 0.2) is 30.6 Å². The number of carbonyl (C=O) groups excluding carboxylic acids is 1. The Bertz CT molecular complexity index is 627. The maximum Gasteiger partial charge on any atom is 0.249 e. The molecule has 0 aliphatic carbocycles. The minimum Gasteiger partial charge on any atom is -0.495 e. The normalized spacial score (nSPS) is 11.9. The van der Waals surface area contributed by atoms with E-state index in [1.54, 1.807) is 49.3 Å². The highest BCUT2D eigenvalue weighted by atomic mass is 127. The zero-order chi connectivity index (χ0) is 14.7. The van der Waals surface area contributed by atoms with Crippen molar-refractivity contribution in [1.82, 2.24) is 9.78 Å². The van der Waals surface area contributed by atoms with Crippen LogP contribution in [0.2, 0.25) is 0 Å². The first-order chi connectivity index (χ1) is 9.51. The van der Waals surface area contributed by atoms with Crippen LogP contribution in [0.1, 0.15) is 13.0 Å². The topological polar surface area (TPSA) is 82.2 Å². The summed E-state index contributed by atoms with van der Waals surface area (Å²) >= 11 is 2.15. The van der Waals surface area contributed by atoms with E-state index in [0.29, 0.717) is 17.1 Å². The van der Waals surface area contributed by atoms with Gasteiger partial charge in [-0.25, -0.2) is 0 Å². The second-order valence-corrected chi connectivity index (χ2v) is 5.51. The summed E-state index contributed by atoms with van der Waals surface area (Å²) in [6.45, 7) is 1.77. The van der Waals surface area contributed by atoms with Gasteiger partial charge in [-0.2, -0.15) is 5.10 Å². The Morgan fingerprint density at radius 2 is 2.30 bits per heavy atom. The Kier molecular flexibility index (Phi) is 4.48. The van der Waals surface area contributed by atoms with E-state index >= 15 is 0 Å². The SMILES string of the molecule is COc1ccc(N)cc1NC(=O)C(C)n1cc(I)cn1. The molecule has 1 amide bonds. The summed E-state index contributed by atoms with van der Waals surface area (Å²) in [5.74, 6) is 0.378. The molecule has 0 aliphatic heterocycles. The van der Waals surface area contributed by atoms with Crippen LogP contribution >= 0.6 is 22.6 Å². The van der Waals surface area contributed by atoms with E-state index in [1.165, 1.54) is 0 Å². The molecule has 106 valence electrons. The lowest BCUT2D eigenvalue weighted by Gasteiger charge is -2.15. The van der Waals surface area contributed by atoms with Gasteiger partial charge >= 0.3 is 0 Å². The van der Waals surface area contributed by atoms with Crippen molar-refractivity contribution in [1.29, 1.82) is 0 Å². The molecule has 20 heavy (non-hydrogen) atoms. The minimum atomic E-state index is -0.426. The summed E-state index contributed by atoms with van der Waals surface area (Å²) < 4.78 is 7.78. The van der Waals surface area contributed by atoms with E-state index in [4.69, 9.17) is 10.5 Å². The zero-order valence-corrected chi connectivity index (χ0v) is 13.3. The van der Waals surface area contributed by atoms with E-state index in [-0.39, 0.29) is 5.91 Å². The number of nitrogens with two attached hydrogens (primary N) is 1. The van der Waals surface area contributed by atoms with E-state index in [9.17, 15) is 4.79 Å². The van der Waals surface area contributed by atoms with E-state index in [2.05, 4.69) is 33.0 Å². The third-order valence-corrected chi connectivity index (χ3v) is 3.38. The predicted molar refractivity (Wildman–Crippen MR) is 85.7 cm³/mol. The van der Waals surface area contributed by atoms with Gasteiger partial charge in [0.15, 0.2) is 0 Å². The van der Waals surface area contributed by atoms with Gasteiger partial charge in [0, 0.05) is 11.9 Å². The van der Waals surface area contributed by atoms with Gasteiger partial charge in [0.1, 0.15) is 11.8 Å². The molecule has 0 radical (unpaired) electrons. The van der Waals surface area contributed by atoms with Gasteiger partial charge in [0.05, 0.1) is 22.6 Å². The second-order valence-electron chi connectivity index (χ2n) is 4.26. The lowest BCUT2D eigenvalue weighted by Crippen LogP contribution is -2.24. The first kappa shape index (κ1) is 14.6. The van der Waals surface area contributed by atoms with Crippen molar-refractivity contribution in [3.05, 3.63) is 34.2 Å². The summed E-state index contributed by atoms with van der Waals surface area (Å²) in [7, 11) is 1.54. The Morgan fingerprint density at radius 3 is 2.90 bits per heavy atom. The van der Waals surface area contributed by atoms with Gasteiger partial charge in [-0.1, -0.05) is 0 Å². The summed E-state index contributed by atoms with van der Waals surface area (Å²) in [6.07, 6.45) is 3.51. The molecular formula is C13H15IN4O2. The molecule has 2 aromatic rings. The molecule has 0 saturated carbocycles. The lowest BCUT2D eigenvalue weighted by molar-refractivity contribution is -0.119. The first-order valence-corrected chi connectivity index (χ1v) is 7.03. The fraction of sp³-hybridized carbons (Fsp3) is 0.231. The average Bonchev–Trinajstić information content (AvgIpc) is 2.84. The number of benzene rings is 1. The van der Waals surface area contributed by atoms with Gasteiger partial charge in [-0.3, -0.25) is 9.48 Å². The molecule has 7 heteroatoms. The molecule has 1 atom stereocenters. The van der Waals surface area contributed by atoms with Gasteiger partial charge in [0.25, 0.3) is 0 Å². The highest BCUT2D eigenvalue weighted by Crippen LogP contribution is 2.27. The molecule has 0 aliphatic rings. The number of nitrogens with one attached hydrogen (secondary N) is 1. The maximum absolute atomic E-state index is 12.2. The van der Waals surface area contributed by atoms with Crippen LogP contribution in [-0.2, 0) is 4.79 Å². The maximum atomic E-state index is 12.2. The highest BCUT2D eigenvalue weighted by molar-refractivity contribution is 14.1. The second kappa shape index (κ2) is 6.12. The highest BCUT2D eigenvalue weighted by Gasteiger charge is 2.17. The smallest absolute Gasteiger partial charge is 0.249 e. The van der Waals surface area contributed by atoms with E-state index in [0.717, 1.165) is 3.57 Å². The van der Waals surface area contributed by atoms with Gasteiger partial charge in [-0.05, 0) is 47.7 Å². The number of hydrogen-bond acceptors (Lipinski definition) is 4. The molecule has 1 aromatic heterocycles. The molecule has 2 rings (SSSR count). The molecule has 0 bridgehead atoms. The standard InChI is InChI=1S/C13H15IN4O2/c1-8(18-7-9(14)6-16-18)13(19)17-11-5-10(15)3-4-12(11)20-2/h3-8H,15H2,1-2H3,(H,17,19). The number of rotatable bonds is 4. The van der Waals surface area contributed by atoms with Gasteiger partial charge in [-0.15, -0.1) is 0 Å². The van der Waals surface area contributed by atoms with Crippen molar-refractivity contribution in [3.8, 4) is 5.75 Å². The molecule has 6 nitrogen and oxygen atoms in total. The number of hydrogen-bond donors (Lipinski definition) is 2. The van der Waals surface area contributed by atoms with Crippen molar-refractivity contribution in [2.75, 3.05) is 18.2 Å². The number of aromatic nitrogens is 2. The molecule has 1 aromatic carbocycles. The number of methoxy groups -OCH3 is 1. The van der Waals surface area contributed by atoms with Crippen LogP contribution < -0.4 is 15.8 Å². The van der Waals surface area contributed by atoms with E-state index in [1.807, 2.05) is 0 Å². The van der Waals surface area contributed by atoms with Gasteiger partial charge < -0.3 is 15.8 Å². The van der Waals surface area contributed by atoms with Crippen LogP contribution in [0, 0.1) is 3.57 Å². The summed E-state index contributed by atoms with van der Waals surface area (Å²) in [5.41, 5.74) is 6.83. The van der Waals surface area contributed by atoms with Crippen LogP contribution in [0.3, 0.4) is 0 Å². The van der Waals surface area contributed by atoms with Crippen molar-refractivity contribution in [2.45, 2.75) is 13.0 Å². The predicted octanol–water partition coefficient (Wildman–Crippen LogP) is 2.28. The van der Waals surface area contributed by atoms with E-state index < -0.39 is 6.04 Å². The fourth-order valence-corrected chi connectivity index (χ4v) is 2.12. The van der Waals surface area contributed by atoms with Crippen molar-refractivity contribution >= 4 is 39.9 Å². The molecule has 0 fully saturated rings. The minimum absolute atomic E-state index is 0.187. The molecule has 1 unspecified atom stereocenters. The lowest BCUT2D eigenvalue weighted by atomic mass is 10.2. The molecule has 0 saturated heterocycles. The number of amides is 1. The van der Waals surface area contributed by atoms with Crippen LogP contribution in [0.25, 0.3) is 0 Å². The zero-order valence-electron chi connectivity index (χ0n) is 11.1. The Labute approximate surface area is 130 Å². The Balaban J connectivity index is 2.17. The monoisotopic (exact) mass is 386 g/mol. The molecular weight excluding hydrogens is 371 g/mol. The summed E-state index contributed by atoms with van der Waals surface area (Å²) in [5, 5.41) is 6.93. The van der Waals surface area contributed by atoms with Crippen LogP contribution in [0.4, 0.5) is 11.4 Å².